The highest BCUT2D eigenvalue weighted by molar-refractivity contribution is 6.35. The summed E-state index contributed by atoms with van der Waals surface area (Å²) in [6, 6.07) is 19.9. The van der Waals surface area contributed by atoms with Gasteiger partial charge in [-0.05, 0) is 46.7 Å². The Labute approximate surface area is 223 Å². The van der Waals surface area contributed by atoms with Crippen LogP contribution in [-0.2, 0) is 11.0 Å². The highest BCUT2D eigenvalue weighted by Crippen LogP contribution is 2.39. The number of nitrogens with one attached hydrogen (secondary N) is 1. The molecular formula is C28H16Cl2F3NO4. The van der Waals surface area contributed by atoms with Crippen LogP contribution in [0.4, 0.5) is 18.9 Å². The molecule has 0 aliphatic rings. The molecule has 0 atom stereocenters. The summed E-state index contributed by atoms with van der Waals surface area (Å²) >= 11 is 11.8. The second kappa shape index (κ2) is 10.0. The topological polar surface area (TPSA) is 68.5 Å². The Morgan fingerprint density at radius 1 is 0.895 bits per heavy atom. The van der Waals surface area contributed by atoms with Crippen LogP contribution in [0.3, 0.4) is 0 Å². The molecule has 1 aromatic heterocycles. The van der Waals surface area contributed by atoms with Crippen molar-refractivity contribution in [2.75, 3.05) is 11.9 Å². The predicted molar refractivity (Wildman–Crippen MR) is 141 cm³/mol. The van der Waals surface area contributed by atoms with Gasteiger partial charge in [0.1, 0.15) is 11.3 Å². The molecule has 4 aromatic carbocycles. The van der Waals surface area contributed by atoms with Crippen LogP contribution in [0, 0.1) is 0 Å². The summed E-state index contributed by atoms with van der Waals surface area (Å²) in [5, 5.41) is 4.30. The number of carbonyl (C=O) groups excluding carboxylic acids is 1. The average molecular weight is 558 g/mol. The molecule has 38 heavy (non-hydrogen) atoms. The maximum Gasteiger partial charge on any atom is 0.450 e. The van der Waals surface area contributed by atoms with Gasteiger partial charge >= 0.3 is 6.18 Å². The highest BCUT2D eigenvalue weighted by Gasteiger charge is 2.39. The van der Waals surface area contributed by atoms with E-state index in [0.717, 1.165) is 6.07 Å². The van der Waals surface area contributed by atoms with Crippen molar-refractivity contribution in [3.63, 3.8) is 0 Å². The van der Waals surface area contributed by atoms with Crippen molar-refractivity contribution in [2.24, 2.45) is 0 Å². The van der Waals surface area contributed by atoms with Crippen LogP contribution < -0.4 is 15.5 Å². The van der Waals surface area contributed by atoms with Gasteiger partial charge in [-0.15, -0.1) is 0 Å². The maximum atomic E-state index is 14.1. The van der Waals surface area contributed by atoms with E-state index in [2.05, 4.69) is 5.32 Å². The molecule has 0 spiro atoms. The van der Waals surface area contributed by atoms with E-state index >= 15 is 0 Å². The van der Waals surface area contributed by atoms with E-state index in [9.17, 15) is 22.8 Å². The molecule has 1 N–H and O–H groups in total. The minimum atomic E-state index is -4.95. The largest absolute Gasteiger partial charge is 0.484 e. The summed E-state index contributed by atoms with van der Waals surface area (Å²) in [4.78, 5) is 25.7. The van der Waals surface area contributed by atoms with E-state index in [0.29, 0.717) is 26.5 Å². The Kier molecular flexibility index (Phi) is 6.77. The van der Waals surface area contributed by atoms with Crippen LogP contribution in [0.25, 0.3) is 32.9 Å². The molecule has 10 heteroatoms. The van der Waals surface area contributed by atoms with Gasteiger partial charge in [0.25, 0.3) is 5.91 Å². The minimum absolute atomic E-state index is 0.0333. The molecule has 0 radical (unpaired) electrons. The number of halogens is 5. The minimum Gasteiger partial charge on any atom is -0.484 e. The fourth-order valence-corrected chi connectivity index (χ4v) is 4.65. The fourth-order valence-electron chi connectivity index (χ4n) is 4.12. The molecule has 1 amide bonds. The zero-order valence-corrected chi connectivity index (χ0v) is 20.7. The quantitative estimate of drug-likeness (QED) is 0.238. The molecule has 0 fully saturated rings. The molecule has 192 valence electrons. The van der Waals surface area contributed by atoms with E-state index < -0.39 is 35.4 Å². The Bertz CT molecular complexity index is 1740. The van der Waals surface area contributed by atoms with Crippen molar-refractivity contribution < 1.29 is 27.1 Å². The zero-order chi connectivity index (χ0) is 27.0. The number of hydrogen-bond acceptors (Lipinski definition) is 4. The lowest BCUT2D eigenvalue weighted by Gasteiger charge is -2.15. The van der Waals surface area contributed by atoms with Gasteiger partial charge in [-0.2, -0.15) is 13.2 Å². The number of benzene rings is 4. The van der Waals surface area contributed by atoms with Crippen molar-refractivity contribution in [3.8, 4) is 16.9 Å². The average Bonchev–Trinajstić information content (AvgIpc) is 2.86. The number of carbonyl (C=O) groups is 1. The molecule has 5 aromatic rings. The molecule has 0 aliphatic carbocycles. The number of alkyl halides is 3. The van der Waals surface area contributed by atoms with Gasteiger partial charge in [0.2, 0.25) is 11.2 Å². The van der Waals surface area contributed by atoms with E-state index in [1.807, 2.05) is 0 Å². The SMILES string of the molecule is O=C(COc1ccc2c(=O)c(-c3cccc4ccccc34)c(C(F)(F)F)oc2c1)Nc1cc(Cl)cc(Cl)c1. The van der Waals surface area contributed by atoms with Crippen LogP contribution in [-0.4, -0.2) is 12.5 Å². The molecule has 5 nitrogen and oxygen atoms in total. The lowest BCUT2D eigenvalue weighted by atomic mass is 9.96. The summed E-state index contributed by atoms with van der Waals surface area (Å²) in [5.41, 5.74) is -1.28. The Morgan fingerprint density at radius 3 is 2.34 bits per heavy atom. The number of rotatable bonds is 5. The van der Waals surface area contributed by atoms with Crippen LogP contribution >= 0.6 is 23.2 Å². The standard InChI is InChI=1S/C28H16Cl2F3NO4/c29-16-10-17(30)12-18(11-16)34-24(35)14-37-19-8-9-22-23(13-19)38-27(28(31,32)33)25(26(22)36)21-7-3-5-15-4-1-2-6-20(15)21/h1-13H,14H2,(H,34,35). The first kappa shape index (κ1) is 25.6. The Hall–Kier alpha value is -4.01. The van der Waals surface area contributed by atoms with Crippen LogP contribution in [0.2, 0.25) is 10.0 Å². The van der Waals surface area contributed by atoms with Crippen molar-refractivity contribution >= 4 is 56.5 Å². The Morgan fingerprint density at radius 2 is 1.61 bits per heavy atom. The first-order valence-electron chi connectivity index (χ1n) is 11.1. The normalized spacial score (nSPS) is 11.6. The number of hydrogen-bond donors (Lipinski definition) is 1. The number of fused-ring (bicyclic) bond motifs is 2. The first-order chi connectivity index (χ1) is 18.1. The second-order valence-electron chi connectivity index (χ2n) is 8.31. The molecule has 0 aliphatic heterocycles. The number of ether oxygens (including phenoxy) is 1. The molecule has 1 heterocycles. The molecule has 0 saturated carbocycles. The molecule has 0 bridgehead atoms. The smallest absolute Gasteiger partial charge is 0.450 e. The summed E-state index contributed by atoms with van der Waals surface area (Å²) in [7, 11) is 0. The third-order valence-electron chi connectivity index (χ3n) is 5.70. The summed E-state index contributed by atoms with van der Waals surface area (Å²) in [6.07, 6.45) is -4.95. The molecule has 0 unspecified atom stereocenters. The van der Waals surface area contributed by atoms with Crippen molar-refractivity contribution in [2.45, 2.75) is 6.18 Å². The molecule has 5 rings (SSSR count). The van der Waals surface area contributed by atoms with E-state index in [-0.39, 0.29) is 22.3 Å². The highest BCUT2D eigenvalue weighted by atomic mass is 35.5. The van der Waals surface area contributed by atoms with Gasteiger partial charge in [0.05, 0.1) is 10.9 Å². The summed E-state index contributed by atoms with van der Waals surface area (Å²) in [5.74, 6) is -1.95. The number of anilines is 1. The van der Waals surface area contributed by atoms with Crippen LogP contribution in [0.5, 0.6) is 5.75 Å². The lowest BCUT2D eigenvalue weighted by Crippen LogP contribution is -2.20. The van der Waals surface area contributed by atoms with Crippen LogP contribution in [0.15, 0.2) is 88.1 Å². The fraction of sp³-hybridized carbons (Fsp3) is 0.0714. The zero-order valence-electron chi connectivity index (χ0n) is 19.2. The van der Waals surface area contributed by atoms with Gasteiger partial charge in [-0.25, -0.2) is 0 Å². The van der Waals surface area contributed by atoms with Gasteiger partial charge in [0.15, 0.2) is 6.61 Å². The van der Waals surface area contributed by atoms with Gasteiger partial charge in [-0.1, -0.05) is 65.7 Å². The maximum absolute atomic E-state index is 14.1. The summed E-state index contributed by atoms with van der Waals surface area (Å²) < 4.78 is 53.1. The third-order valence-corrected chi connectivity index (χ3v) is 6.13. The lowest BCUT2D eigenvalue weighted by molar-refractivity contribution is -0.152. The van der Waals surface area contributed by atoms with Crippen molar-refractivity contribution in [1.82, 2.24) is 0 Å². The van der Waals surface area contributed by atoms with E-state index in [4.69, 9.17) is 32.4 Å². The monoisotopic (exact) mass is 557 g/mol. The first-order valence-corrected chi connectivity index (χ1v) is 11.9. The van der Waals surface area contributed by atoms with E-state index in [1.54, 1.807) is 36.4 Å². The Balaban J connectivity index is 1.50. The number of amides is 1. The van der Waals surface area contributed by atoms with E-state index in [1.165, 1.54) is 36.4 Å². The van der Waals surface area contributed by atoms with Crippen molar-refractivity contribution in [1.29, 1.82) is 0 Å². The third kappa shape index (κ3) is 5.18. The van der Waals surface area contributed by atoms with Crippen LogP contribution in [0.1, 0.15) is 5.76 Å². The molecule has 0 saturated heterocycles. The predicted octanol–water partition coefficient (Wildman–Crippen LogP) is 7.96. The van der Waals surface area contributed by atoms with Gasteiger partial charge in [-0.3, -0.25) is 9.59 Å². The van der Waals surface area contributed by atoms with Gasteiger partial charge in [0, 0.05) is 21.8 Å². The van der Waals surface area contributed by atoms with Gasteiger partial charge < -0.3 is 14.5 Å². The second-order valence-corrected chi connectivity index (χ2v) is 9.19. The summed E-state index contributed by atoms with van der Waals surface area (Å²) in [6.45, 7) is -0.472. The molecular weight excluding hydrogens is 542 g/mol. The van der Waals surface area contributed by atoms with Crippen molar-refractivity contribution in [3.05, 3.63) is 105 Å².